The van der Waals surface area contributed by atoms with Gasteiger partial charge in [0, 0.05) is 13.2 Å². The van der Waals surface area contributed by atoms with Crippen LogP contribution in [0.1, 0.15) is 32.1 Å². The lowest BCUT2D eigenvalue weighted by atomic mass is 9.81. The number of hydrogen-bond donors (Lipinski definition) is 1. The Morgan fingerprint density at radius 1 is 1.13 bits per heavy atom. The van der Waals surface area contributed by atoms with Crippen LogP contribution in [0.3, 0.4) is 0 Å². The zero-order chi connectivity index (χ0) is 10.8. The van der Waals surface area contributed by atoms with Gasteiger partial charge in [0.1, 0.15) is 0 Å². The normalized spacial score (nSPS) is 30.9. The van der Waals surface area contributed by atoms with Crippen LogP contribution in [0.5, 0.6) is 0 Å². The summed E-state index contributed by atoms with van der Waals surface area (Å²) in [6.45, 7) is 0.424. The standard InChI is InChI=1S/C11H17NO3/c13-7-3-6-12-10(14)8-4-1-2-5-9(8)11(12)15/h8-9,13H,1-7H2. The van der Waals surface area contributed by atoms with Crippen LogP contribution in [0.4, 0.5) is 0 Å². The van der Waals surface area contributed by atoms with Crippen molar-refractivity contribution >= 4 is 11.8 Å². The molecule has 1 aliphatic heterocycles. The van der Waals surface area contributed by atoms with Crippen LogP contribution in [0, 0.1) is 11.8 Å². The van der Waals surface area contributed by atoms with Crippen molar-refractivity contribution in [3.05, 3.63) is 0 Å². The monoisotopic (exact) mass is 211 g/mol. The van der Waals surface area contributed by atoms with Crippen molar-refractivity contribution < 1.29 is 14.7 Å². The summed E-state index contributed by atoms with van der Waals surface area (Å²) in [6, 6.07) is 0. The van der Waals surface area contributed by atoms with Gasteiger partial charge in [-0.1, -0.05) is 12.8 Å². The molecule has 2 atom stereocenters. The van der Waals surface area contributed by atoms with Crippen LogP contribution in [0.15, 0.2) is 0 Å². The van der Waals surface area contributed by atoms with Gasteiger partial charge in [0.2, 0.25) is 11.8 Å². The number of carbonyl (C=O) groups is 2. The summed E-state index contributed by atoms with van der Waals surface area (Å²) in [4.78, 5) is 25.1. The molecule has 2 rings (SSSR count). The van der Waals surface area contributed by atoms with Gasteiger partial charge in [-0.15, -0.1) is 0 Å². The minimum Gasteiger partial charge on any atom is -0.396 e. The van der Waals surface area contributed by atoms with Crippen molar-refractivity contribution in [1.29, 1.82) is 0 Å². The molecule has 2 amide bonds. The molecule has 1 heterocycles. The zero-order valence-corrected chi connectivity index (χ0v) is 8.82. The Labute approximate surface area is 89.3 Å². The first-order chi connectivity index (χ1) is 7.25. The minimum atomic E-state index is -0.0510. The second kappa shape index (κ2) is 4.31. The fourth-order valence-electron chi connectivity index (χ4n) is 2.68. The fourth-order valence-corrected chi connectivity index (χ4v) is 2.68. The number of fused-ring (bicyclic) bond motifs is 1. The SMILES string of the molecule is O=C1C2CCCCC2C(=O)N1CCCO. The molecule has 1 aliphatic carbocycles. The van der Waals surface area contributed by atoms with Gasteiger partial charge in [-0.25, -0.2) is 0 Å². The number of rotatable bonds is 3. The first kappa shape index (κ1) is 10.6. The number of amides is 2. The van der Waals surface area contributed by atoms with Crippen molar-refractivity contribution in [1.82, 2.24) is 4.90 Å². The Kier molecular flexibility index (Phi) is 3.05. The van der Waals surface area contributed by atoms with Crippen molar-refractivity contribution in [3.63, 3.8) is 0 Å². The van der Waals surface area contributed by atoms with Gasteiger partial charge in [0.05, 0.1) is 11.8 Å². The zero-order valence-electron chi connectivity index (χ0n) is 8.82. The van der Waals surface area contributed by atoms with Crippen LogP contribution < -0.4 is 0 Å². The van der Waals surface area contributed by atoms with Crippen LogP contribution >= 0.6 is 0 Å². The third-order valence-electron chi connectivity index (χ3n) is 3.47. The lowest BCUT2D eigenvalue weighted by molar-refractivity contribution is -0.140. The Morgan fingerprint density at radius 3 is 2.13 bits per heavy atom. The molecule has 15 heavy (non-hydrogen) atoms. The molecular formula is C11H17NO3. The summed E-state index contributed by atoms with van der Waals surface area (Å²) in [5.41, 5.74) is 0. The molecular weight excluding hydrogens is 194 g/mol. The number of carbonyl (C=O) groups excluding carboxylic acids is 2. The second-order valence-electron chi connectivity index (χ2n) is 4.40. The Bertz CT molecular complexity index is 253. The van der Waals surface area contributed by atoms with Gasteiger partial charge in [-0.3, -0.25) is 14.5 Å². The highest BCUT2D eigenvalue weighted by Crippen LogP contribution is 2.37. The van der Waals surface area contributed by atoms with Crippen LogP contribution in [0.2, 0.25) is 0 Å². The van der Waals surface area contributed by atoms with Gasteiger partial charge in [-0.05, 0) is 19.3 Å². The number of aliphatic hydroxyl groups is 1. The topological polar surface area (TPSA) is 57.6 Å². The number of likely N-dealkylation sites (tertiary alicyclic amines) is 1. The average molecular weight is 211 g/mol. The largest absolute Gasteiger partial charge is 0.396 e. The van der Waals surface area contributed by atoms with Crippen molar-refractivity contribution in [2.45, 2.75) is 32.1 Å². The number of hydrogen-bond acceptors (Lipinski definition) is 3. The van der Waals surface area contributed by atoms with Crippen molar-refractivity contribution in [3.8, 4) is 0 Å². The van der Waals surface area contributed by atoms with E-state index in [1.807, 2.05) is 0 Å². The smallest absolute Gasteiger partial charge is 0.233 e. The van der Waals surface area contributed by atoms with E-state index in [2.05, 4.69) is 0 Å². The van der Waals surface area contributed by atoms with Crippen LogP contribution in [-0.4, -0.2) is 35.0 Å². The van der Waals surface area contributed by atoms with E-state index >= 15 is 0 Å². The molecule has 4 nitrogen and oxygen atoms in total. The summed E-state index contributed by atoms with van der Waals surface area (Å²) >= 11 is 0. The van der Waals surface area contributed by atoms with E-state index in [1.54, 1.807) is 0 Å². The van der Waals surface area contributed by atoms with Gasteiger partial charge < -0.3 is 5.11 Å². The second-order valence-corrected chi connectivity index (χ2v) is 4.40. The quantitative estimate of drug-likeness (QED) is 0.693. The highest BCUT2D eigenvalue weighted by Gasteiger charge is 2.47. The predicted molar refractivity (Wildman–Crippen MR) is 53.9 cm³/mol. The van der Waals surface area contributed by atoms with Gasteiger partial charge in [0.15, 0.2) is 0 Å². The lowest BCUT2D eigenvalue weighted by Gasteiger charge is -2.19. The summed E-state index contributed by atoms with van der Waals surface area (Å²) in [5.74, 6) is -0.105. The summed E-state index contributed by atoms with van der Waals surface area (Å²) < 4.78 is 0. The highest BCUT2D eigenvalue weighted by molar-refractivity contribution is 6.05. The average Bonchev–Trinajstić information content (AvgIpc) is 2.51. The maximum absolute atomic E-state index is 11.9. The maximum Gasteiger partial charge on any atom is 0.233 e. The third-order valence-corrected chi connectivity index (χ3v) is 3.47. The van der Waals surface area contributed by atoms with Crippen molar-refractivity contribution in [2.75, 3.05) is 13.2 Å². The fraction of sp³-hybridized carbons (Fsp3) is 0.818. The lowest BCUT2D eigenvalue weighted by Crippen LogP contribution is -2.32. The summed E-state index contributed by atoms with van der Waals surface area (Å²) in [6.07, 6.45) is 4.36. The maximum atomic E-state index is 11.9. The molecule has 4 heteroatoms. The molecule has 84 valence electrons. The first-order valence-corrected chi connectivity index (χ1v) is 5.72. The molecule has 0 spiro atoms. The van der Waals surface area contributed by atoms with E-state index in [0.717, 1.165) is 25.7 Å². The molecule has 0 bridgehead atoms. The molecule has 2 unspecified atom stereocenters. The Morgan fingerprint density at radius 2 is 1.67 bits per heavy atom. The van der Waals surface area contributed by atoms with E-state index in [-0.39, 0.29) is 30.3 Å². The molecule has 1 saturated heterocycles. The van der Waals surface area contributed by atoms with E-state index in [4.69, 9.17) is 5.11 Å². The molecule has 1 saturated carbocycles. The van der Waals surface area contributed by atoms with E-state index in [0.29, 0.717) is 13.0 Å². The predicted octanol–water partition coefficient (Wildman–Crippen LogP) is 0.544. The summed E-state index contributed by atoms with van der Waals surface area (Å²) in [7, 11) is 0. The number of imide groups is 1. The Hall–Kier alpha value is -0.900. The summed E-state index contributed by atoms with van der Waals surface area (Å²) in [5, 5.41) is 8.71. The van der Waals surface area contributed by atoms with Gasteiger partial charge in [0.25, 0.3) is 0 Å². The molecule has 1 N–H and O–H groups in total. The third kappa shape index (κ3) is 1.78. The molecule has 0 aromatic rings. The number of aliphatic hydroxyl groups excluding tert-OH is 1. The Balaban J connectivity index is 2.07. The van der Waals surface area contributed by atoms with E-state index in [9.17, 15) is 9.59 Å². The van der Waals surface area contributed by atoms with Crippen LogP contribution in [0.25, 0.3) is 0 Å². The first-order valence-electron chi connectivity index (χ1n) is 5.72. The van der Waals surface area contributed by atoms with Gasteiger partial charge >= 0.3 is 0 Å². The molecule has 0 radical (unpaired) electrons. The highest BCUT2D eigenvalue weighted by atomic mass is 16.3. The van der Waals surface area contributed by atoms with Gasteiger partial charge in [-0.2, -0.15) is 0 Å². The number of nitrogens with zero attached hydrogens (tertiary/aromatic N) is 1. The molecule has 0 aromatic carbocycles. The minimum absolute atomic E-state index is 0.00171. The molecule has 0 aromatic heterocycles. The van der Waals surface area contributed by atoms with E-state index < -0.39 is 0 Å². The van der Waals surface area contributed by atoms with Crippen molar-refractivity contribution in [2.24, 2.45) is 11.8 Å². The molecule has 2 aliphatic rings. The van der Waals surface area contributed by atoms with Crippen LogP contribution in [-0.2, 0) is 9.59 Å². The van der Waals surface area contributed by atoms with E-state index in [1.165, 1.54) is 4.90 Å². The molecule has 2 fully saturated rings.